The third-order valence-corrected chi connectivity index (χ3v) is 7.20. The maximum Gasteiger partial charge on any atom is 0.257 e. The van der Waals surface area contributed by atoms with Gasteiger partial charge in [-0.1, -0.05) is 41.4 Å². The zero-order valence-corrected chi connectivity index (χ0v) is 19.7. The maximum absolute atomic E-state index is 14.2. The minimum atomic E-state index is -0.602. The van der Waals surface area contributed by atoms with Gasteiger partial charge in [0.25, 0.3) is 5.91 Å². The van der Waals surface area contributed by atoms with Gasteiger partial charge in [0, 0.05) is 28.0 Å². The quantitative estimate of drug-likeness (QED) is 0.451. The first kappa shape index (κ1) is 22.8. The van der Waals surface area contributed by atoms with Crippen LogP contribution in [0, 0.1) is 5.82 Å². The van der Waals surface area contributed by atoms with Crippen LogP contribution in [0.4, 0.5) is 4.39 Å². The van der Waals surface area contributed by atoms with Crippen molar-refractivity contribution in [3.8, 4) is 0 Å². The van der Waals surface area contributed by atoms with E-state index in [2.05, 4.69) is 0 Å². The number of amides is 2. The van der Waals surface area contributed by atoms with Crippen LogP contribution in [0.15, 0.2) is 53.9 Å². The Labute approximate surface area is 200 Å². The topological polar surface area (TPSA) is 40.6 Å². The van der Waals surface area contributed by atoms with Gasteiger partial charge in [-0.05, 0) is 60.2 Å². The zero-order chi connectivity index (χ0) is 22.8. The summed E-state index contributed by atoms with van der Waals surface area (Å²) in [6.07, 6.45) is 0.730. The summed E-state index contributed by atoms with van der Waals surface area (Å²) in [5.74, 6) is -1.33. The Balaban J connectivity index is 1.64. The van der Waals surface area contributed by atoms with Crippen LogP contribution in [0.25, 0.3) is 0 Å². The van der Waals surface area contributed by atoms with Gasteiger partial charge in [-0.15, -0.1) is 11.3 Å². The van der Waals surface area contributed by atoms with E-state index in [0.29, 0.717) is 16.6 Å². The van der Waals surface area contributed by atoms with E-state index in [4.69, 9.17) is 23.2 Å². The van der Waals surface area contributed by atoms with Gasteiger partial charge in [0.1, 0.15) is 12.4 Å². The Hall–Kier alpha value is -2.41. The van der Waals surface area contributed by atoms with Crippen molar-refractivity contribution in [2.75, 3.05) is 19.6 Å². The van der Waals surface area contributed by atoms with E-state index in [1.165, 1.54) is 28.0 Å². The van der Waals surface area contributed by atoms with Crippen LogP contribution in [0.2, 0.25) is 10.0 Å². The van der Waals surface area contributed by atoms with E-state index < -0.39 is 11.7 Å². The first-order chi connectivity index (χ1) is 15.4. The molecule has 0 saturated heterocycles. The van der Waals surface area contributed by atoms with Crippen molar-refractivity contribution in [2.24, 2.45) is 0 Å². The average molecular weight is 491 g/mol. The van der Waals surface area contributed by atoms with Crippen LogP contribution in [0.5, 0.6) is 0 Å². The second-order valence-electron chi connectivity index (χ2n) is 7.50. The molecule has 32 heavy (non-hydrogen) atoms. The van der Waals surface area contributed by atoms with E-state index in [-0.39, 0.29) is 30.6 Å². The highest BCUT2D eigenvalue weighted by Crippen LogP contribution is 2.41. The van der Waals surface area contributed by atoms with Crippen molar-refractivity contribution in [2.45, 2.75) is 19.4 Å². The molecule has 166 valence electrons. The summed E-state index contributed by atoms with van der Waals surface area (Å²) in [7, 11) is 0. The van der Waals surface area contributed by atoms with Crippen LogP contribution in [-0.4, -0.2) is 41.2 Å². The lowest BCUT2D eigenvalue weighted by Gasteiger charge is -2.38. The van der Waals surface area contributed by atoms with Gasteiger partial charge in [-0.3, -0.25) is 9.59 Å². The standard InChI is InChI=1S/C24H21Cl2FN2O2S/c1-2-28(24(31)17-5-3-4-6-20(17)27)14-22(30)29-11-9-21-18(10-12-32-21)23(29)16-8-7-15(25)13-19(16)26/h3-8,10,12-13,23H,2,9,11,14H2,1H3. The lowest BCUT2D eigenvalue weighted by molar-refractivity contribution is -0.134. The molecule has 1 atom stereocenters. The maximum atomic E-state index is 14.2. The molecule has 1 aromatic heterocycles. The lowest BCUT2D eigenvalue weighted by Crippen LogP contribution is -2.46. The molecule has 4 rings (SSSR count). The molecule has 3 aromatic rings. The number of carbonyl (C=O) groups excluding carboxylic acids is 2. The summed E-state index contributed by atoms with van der Waals surface area (Å²) < 4.78 is 14.2. The highest BCUT2D eigenvalue weighted by Gasteiger charge is 2.35. The highest BCUT2D eigenvalue weighted by molar-refractivity contribution is 7.10. The summed E-state index contributed by atoms with van der Waals surface area (Å²) >= 11 is 14.3. The predicted molar refractivity (Wildman–Crippen MR) is 126 cm³/mol. The fourth-order valence-corrected chi connectivity index (χ4v) is 5.45. The monoisotopic (exact) mass is 490 g/mol. The van der Waals surface area contributed by atoms with Gasteiger partial charge < -0.3 is 9.80 Å². The Kier molecular flexibility index (Phi) is 6.84. The molecule has 0 radical (unpaired) electrons. The van der Waals surface area contributed by atoms with Gasteiger partial charge in [0.15, 0.2) is 0 Å². The number of nitrogens with zero attached hydrogens (tertiary/aromatic N) is 2. The van der Waals surface area contributed by atoms with Crippen molar-refractivity contribution < 1.29 is 14.0 Å². The second-order valence-corrected chi connectivity index (χ2v) is 9.35. The van der Waals surface area contributed by atoms with E-state index >= 15 is 0 Å². The predicted octanol–water partition coefficient (Wildman–Crippen LogP) is 5.83. The summed E-state index contributed by atoms with van der Waals surface area (Å²) in [4.78, 5) is 30.7. The Morgan fingerprint density at radius 1 is 1.16 bits per heavy atom. The Morgan fingerprint density at radius 2 is 1.94 bits per heavy atom. The molecule has 8 heteroatoms. The molecular formula is C24H21Cl2FN2O2S. The van der Waals surface area contributed by atoms with Crippen LogP contribution < -0.4 is 0 Å². The van der Waals surface area contributed by atoms with Crippen molar-refractivity contribution in [3.05, 3.63) is 91.3 Å². The minimum Gasteiger partial charge on any atom is -0.330 e. The molecule has 2 amide bonds. The number of hydrogen-bond acceptors (Lipinski definition) is 3. The summed E-state index contributed by atoms with van der Waals surface area (Å²) in [6.45, 7) is 2.40. The number of halogens is 3. The van der Waals surface area contributed by atoms with Crippen molar-refractivity contribution >= 4 is 46.4 Å². The van der Waals surface area contributed by atoms with Crippen LogP contribution >= 0.6 is 34.5 Å². The highest BCUT2D eigenvalue weighted by atomic mass is 35.5. The van der Waals surface area contributed by atoms with Gasteiger partial charge in [0.05, 0.1) is 11.6 Å². The third kappa shape index (κ3) is 4.40. The first-order valence-corrected chi connectivity index (χ1v) is 11.9. The molecule has 1 unspecified atom stereocenters. The number of likely N-dealkylation sites (N-methyl/N-ethyl adjacent to an activating group) is 1. The smallest absolute Gasteiger partial charge is 0.257 e. The normalized spacial score (nSPS) is 15.4. The fraction of sp³-hybridized carbons (Fsp3) is 0.250. The lowest BCUT2D eigenvalue weighted by atomic mass is 9.93. The number of carbonyl (C=O) groups is 2. The van der Waals surface area contributed by atoms with E-state index in [9.17, 15) is 14.0 Å². The number of hydrogen-bond donors (Lipinski definition) is 0. The zero-order valence-electron chi connectivity index (χ0n) is 17.4. The summed E-state index contributed by atoms with van der Waals surface area (Å²) in [5.41, 5.74) is 1.77. The second kappa shape index (κ2) is 9.61. The molecule has 2 aromatic carbocycles. The number of rotatable bonds is 5. The third-order valence-electron chi connectivity index (χ3n) is 5.64. The first-order valence-electron chi connectivity index (χ1n) is 10.2. The molecule has 4 nitrogen and oxygen atoms in total. The molecule has 0 saturated carbocycles. The average Bonchev–Trinajstić information content (AvgIpc) is 3.26. The van der Waals surface area contributed by atoms with Crippen molar-refractivity contribution in [3.63, 3.8) is 0 Å². The van der Waals surface area contributed by atoms with Gasteiger partial charge in [-0.25, -0.2) is 4.39 Å². The SMILES string of the molecule is CCN(CC(=O)N1CCc2sccc2C1c1ccc(Cl)cc1Cl)C(=O)c1ccccc1F. The van der Waals surface area contributed by atoms with E-state index in [0.717, 1.165) is 17.5 Å². The van der Waals surface area contributed by atoms with Crippen LogP contribution in [0.1, 0.15) is 39.3 Å². The Bertz CT molecular complexity index is 1170. The summed E-state index contributed by atoms with van der Waals surface area (Å²) in [5, 5.41) is 3.01. The number of benzene rings is 2. The van der Waals surface area contributed by atoms with Gasteiger partial charge in [0.2, 0.25) is 5.91 Å². The number of thiophene rings is 1. The molecule has 0 spiro atoms. The molecular weight excluding hydrogens is 470 g/mol. The summed E-state index contributed by atoms with van der Waals surface area (Å²) in [6, 6.07) is 12.7. The van der Waals surface area contributed by atoms with Crippen LogP contribution in [-0.2, 0) is 11.2 Å². The largest absolute Gasteiger partial charge is 0.330 e. The molecule has 1 aliphatic heterocycles. The Morgan fingerprint density at radius 3 is 2.66 bits per heavy atom. The molecule has 1 aliphatic rings. The molecule has 2 heterocycles. The minimum absolute atomic E-state index is 0.0433. The van der Waals surface area contributed by atoms with Crippen LogP contribution in [0.3, 0.4) is 0 Å². The molecule has 0 aliphatic carbocycles. The van der Waals surface area contributed by atoms with Gasteiger partial charge in [-0.2, -0.15) is 0 Å². The van der Waals surface area contributed by atoms with E-state index in [1.54, 1.807) is 41.4 Å². The number of fused-ring (bicyclic) bond motifs is 1. The molecule has 0 fully saturated rings. The van der Waals surface area contributed by atoms with E-state index in [1.807, 2.05) is 17.5 Å². The molecule has 0 N–H and O–H groups in total. The fourth-order valence-electron chi connectivity index (χ4n) is 4.03. The van der Waals surface area contributed by atoms with Crippen molar-refractivity contribution in [1.29, 1.82) is 0 Å². The molecule has 0 bridgehead atoms. The van der Waals surface area contributed by atoms with Gasteiger partial charge >= 0.3 is 0 Å². The van der Waals surface area contributed by atoms with Crippen molar-refractivity contribution in [1.82, 2.24) is 9.80 Å².